The van der Waals surface area contributed by atoms with Crippen molar-refractivity contribution < 1.29 is 9.84 Å². The van der Waals surface area contributed by atoms with Crippen LogP contribution in [-0.2, 0) is 16.9 Å². The van der Waals surface area contributed by atoms with Gasteiger partial charge in [0, 0.05) is 18.0 Å². The van der Waals surface area contributed by atoms with Crippen LogP contribution in [0.1, 0.15) is 24.3 Å². The quantitative estimate of drug-likeness (QED) is 0.365. The van der Waals surface area contributed by atoms with Crippen LogP contribution in [0.5, 0.6) is 0 Å². The van der Waals surface area contributed by atoms with Crippen LogP contribution in [-0.4, -0.2) is 37.3 Å². The van der Waals surface area contributed by atoms with Gasteiger partial charge in [-0.1, -0.05) is 36.4 Å². The Balaban J connectivity index is 1.75. The number of aliphatic imine (C=N–C) groups is 1. The summed E-state index contributed by atoms with van der Waals surface area (Å²) < 4.78 is 5.66. The molecule has 0 aliphatic carbocycles. The van der Waals surface area contributed by atoms with E-state index < -0.39 is 5.60 Å². The second-order valence-electron chi connectivity index (χ2n) is 5.91. The number of ether oxygens (including phenoxy) is 1. The van der Waals surface area contributed by atoms with Gasteiger partial charge in [-0.15, -0.1) is 11.3 Å². The van der Waals surface area contributed by atoms with Crippen molar-refractivity contribution >= 4 is 17.3 Å². The fourth-order valence-electron chi connectivity index (χ4n) is 2.24. The minimum absolute atomic E-state index is 0.299. The Hall–Kier alpha value is -1.89. The summed E-state index contributed by atoms with van der Waals surface area (Å²) in [5.74, 6) is 0.683. The van der Waals surface area contributed by atoms with Gasteiger partial charge in [0.05, 0.1) is 19.8 Å². The molecular weight excluding hydrogens is 334 g/mol. The van der Waals surface area contributed by atoms with E-state index in [1.54, 1.807) is 6.92 Å². The molecule has 2 aromatic rings. The highest BCUT2D eigenvalue weighted by atomic mass is 32.1. The molecule has 6 heteroatoms. The lowest BCUT2D eigenvalue weighted by atomic mass is 10.1. The van der Waals surface area contributed by atoms with Gasteiger partial charge in [-0.25, -0.2) is 4.99 Å². The predicted octanol–water partition coefficient (Wildman–Crippen LogP) is 2.73. The van der Waals surface area contributed by atoms with Crippen molar-refractivity contribution in [3.63, 3.8) is 0 Å². The van der Waals surface area contributed by atoms with E-state index in [1.165, 1.54) is 11.3 Å². The minimum atomic E-state index is -0.958. The number of rotatable bonds is 9. The van der Waals surface area contributed by atoms with E-state index in [0.29, 0.717) is 32.3 Å². The van der Waals surface area contributed by atoms with Crippen LogP contribution >= 0.6 is 11.3 Å². The predicted molar refractivity (Wildman–Crippen MR) is 104 cm³/mol. The first-order chi connectivity index (χ1) is 12.1. The second-order valence-corrected chi connectivity index (χ2v) is 6.86. The SMILES string of the molecule is CCNC(=NCC(C)(O)c1cccs1)NCCOCc1ccccc1. The molecule has 136 valence electrons. The number of nitrogens with zero attached hydrogens (tertiary/aromatic N) is 1. The van der Waals surface area contributed by atoms with E-state index in [9.17, 15) is 5.11 Å². The van der Waals surface area contributed by atoms with Gasteiger partial charge in [0.2, 0.25) is 0 Å². The van der Waals surface area contributed by atoms with Crippen LogP contribution in [0.4, 0.5) is 0 Å². The summed E-state index contributed by atoms with van der Waals surface area (Å²) in [6.07, 6.45) is 0. The van der Waals surface area contributed by atoms with Gasteiger partial charge in [-0.05, 0) is 30.9 Å². The van der Waals surface area contributed by atoms with Crippen LogP contribution in [0.3, 0.4) is 0 Å². The molecule has 0 aliphatic rings. The van der Waals surface area contributed by atoms with Crippen molar-refractivity contribution in [1.29, 1.82) is 0 Å². The van der Waals surface area contributed by atoms with Gasteiger partial charge in [-0.3, -0.25) is 0 Å². The van der Waals surface area contributed by atoms with Crippen LogP contribution in [0, 0.1) is 0 Å². The number of aliphatic hydroxyl groups is 1. The summed E-state index contributed by atoms with van der Waals surface area (Å²) in [4.78, 5) is 5.41. The molecule has 25 heavy (non-hydrogen) atoms. The number of nitrogens with one attached hydrogen (secondary N) is 2. The molecule has 1 atom stereocenters. The topological polar surface area (TPSA) is 65.9 Å². The maximum Gasteiger partial charge on any atom is 0.191 e. The monoisotopic (exact) mass is 361 g/mol. The summed E-state index contributed by atoms with van der Waals surface area (Å²) in [5, 5.41) is 18.9. The summed E-state index contributed by atoms with van der Waals surface area (Å²) in [7, 11) is 0. The average Bonchev–Trinajstić information content (AvgIpc) is 3.16. The maximum absolute atomic E-state index is 10.6. The molecule has 0 radical (unpaired) electrons. The zero-order valence-electron chi connectivity index (χ0n) is 14.9. The Kier molecular flexibility index (Phi) is 7.91. The van der Waals surface area contributed by atoms with Gasteiger partial charge in [0.15, 0.2) is 5.96 Å². The Bertz CT molecular complexity index is 627. The average molecular weight is 362 g/mol. The number of hydrogen-bond acceptors (Lipinski definition) is 4. The van der Waals surface area contributed by atoms with Crippen molar-refractivity contribution in [2.75, 3.05) is 26.2 Å². The highest BCUT2D eigenvalue weighted by Crippen LogP contribution is 2.25. The lowest BCUT2D eigenvalue weighted by Crippen LogP contribution is -2.40. The first-order valence-electron chi connectivity index (χ1n) is 8.52. The van der Waals surface area contributed by atoms with E-state index in [4.69, 9.17) is 4.74 Å². The second kappa shape index (κ2) is 10.2. The number of benzene rings is 1. The number of guanidine groups is 1. The molecule has 0 saturated carbocycles. The van der Waals surface area contributed by atoms with Crippen LogP contribution < -0.4 is 10.6 Å². The molecule has 1 heterocycles. The molecule has 0 fully saturated rings. The summed E-state index contributed by atoms with van der Waals surface area (Å²) >= 11 is 1.54. The number of thiophene rings is 1. The minimum Gasteiger partial charge on any atom is -0.383 e. The van der Waals surface area contributed by atoms with Crippen molar-refractivity contribution in [2.45, 2.75) is 26.1 Å². The Morgan fingerprint density at radius 3 is 2.68 bits per heavy atom. The van der Waals surface area contributed by atoms with Crippen molar-refractivity contribution in [1.82, 2.24) is 10.6 Å². The van der Waals surface area contributed by atoms with Crippen molar-refractivity contribution in [2.24, 2.45) is 4.99 Å². The Morgan fingerprint density at radius 1 is 1.20 bits per heavy atom. The lowest BCUT2D eigenvalue weighted by Gasteiger charge is -2.20. The summed E-state index contributed by atoms with van der Waals surface area (Å²) in [6, 6.07) is 14.0. The molecular formula is C19H27N3O2S. The largest absolute Gasteiger partial charge is 0.383 e. The third-order valence-corrected chi connectivity index (χ3v) is 4.71. The number of hydrogen-bond donors (Lipinski definition) is 3. The lowest BCUT2D eigenvalue weighted by molar-refractivity contribution is 0.0711. The van der Waals surface area contributed by atoms with Crippen LogP contribution in [0.25, 0.3) is 0 Å². The first kappa shape index (κ1) is 19.4. The van der Waals surface area contributed by atoms with Gasteiger partial charge in [-0.2, -0.15) is 0 Å². The van der Waals surface area contributed by atoms with Gasteiger partial charge >= 0.3 is 0 Å². The van der Waals surface area contributed by atoms with Crippen molar-refractivity contribution in [3.05, 3.63) is 58.3 Å². The Labute approximate surface area is 153 Å². The Morgan fingerprint density at radius 2 is 2.00 bits per heavy atom. The standard InChI is InChI=1S/C19H27N3O2S/c1-3-20-18(22-15-19(2,23)17-10-7-13-25-17)21-11-12-24-14-16-8-5-4-6-9-16/h4-10,13,23H,3,11-12,14-15H2,1-2H3,(H2,20,21,22). The fraction of sp³-hybridized carbons (Fsp3) is 0.421. The normalized spacial score (nSPS) is 14.1. The molecule has 1 unspecified atom stereocenters. The molecule has 0 aliphatic heterocycles. The highest BCUT2D eigenvalue weighted by Gasteiger charge is 2.23. The molecule has 3 N–H and O–H groups in total. The fourth-order valence-corrected chi connectivity index (χ4v) is 3.02. The third-order valence-electron chi connectivity index (χ3n) is 3.59. The maximum atomic E-state index is 10.6. The molecule has 1 aromatic carbocycles. The van der Waals surface area contributed by atoms with Crippen molar-refractivity contribution in [3.8, 4) is 0 Å². The van der Waals surface area contributed by atoms with E-state index in [1.807, 2.05) is 54.8 Å². The molecule has 0 amide bonds. The molecule has 0 saturated heterocycles. The van der Waals surface area contributed by atoms with E-state index in [-0.39, 0.29) is 0 Å². The zero-order valence-corrected chi connectivity index (χ0v) is 15.7. The highest BCUT2D eigenvalue weighted by molar-refractivity contribution is 7.10. The smallest absolute Gasteiger partial charge is 0.191 e. The third kappa shape index (κ3) is 6.86. The summed E-state index contributed by atoms with van der Waals surface area (Å²) in [6.45, 7) is 6.70. The van der Waals surface area contributed by atoms with Gasteiger partial charge in [0.1, 0.15) is 5.60 Å². The summed E-state index contributed by atoms with van der Waals surface area (Å²) in [5.41, 5.74) is 0.204. The molecule has 1 aromatic heterocycles. The molecule has 0 bridgehead atoms. The van der Waals surface area contributed by atoms with Gasteiger partial charge < -0.3 is 20.5 Å². The van der Waals surface area contributed by atoms with Crippen LogP contribution in [0.15, 0.2) is 52.8 Å². The van der Waals surface area contributed by atoms with E-state index in [2.05, 4.69) is 15.6 Å². The van der Waals surface area contributed by atoms with E-state index >= 15 is 0 Å². The van der Waals surface area contributed by atoms with Gasteiger partial charge in [0.25, 0.3) is 0 Å². The van der Waals surface area contributed by atoms with Crippen LogP contribution in [0.2, 0.25) is 0 Å². The molecule has 2 rings (SSSR count). The molecule has 5 nitrogen and oxygen atoms in total. The zero-order chi connectivity index (χ0) is 18.0. The first-order valence-corrected chi connectivity index (χ1v) is 9.40. The van der Waals surface area contributed by atoms with E-state index in [0.717, 1.165) is 17.0 Å². The molecule has 0 spiro atoms.